The van der Waals surface area contributed by atoms with E-state index < -0.39 is 0 Å². The maximum atomic E-state index is 11.4. The van der Waals surface area contributed by atoms with E-state index in [1.807, 2.05) is 24.3 Å². The number of hydrazine groups is 2. The highest BCUT2D eigenvalue weighted by molar-refractivity contribution is 5.81. The van der Waals surface area contributed by atoms with Crippen LogP contribution in [-0.4, -0.2) is 19.1 Å². The van der Waals surface area contributed by atoms with Crippen LogP contribution >= 0.6 is 0 Å². The smallest absolute Gasteiger partial charge is 0.252 e. The number of hydrogen-bond acceptors (Lipinski definition) is 5. The van der Waals surface area contributed by atoms with Gasteiger partial charge in [-0.15, -0.1) is 0 Å². The molecular formula is C11H16N4O2. The van der Waals surface area contributed by atoms with Crippen molar-refractivity contribution in [1.29, 1.82) is 0 Å². The van der Waals surface area contributed by atoms with Crippen LogP contribution in [-0.2, 0) is 4.79 Å². The molecule has 1 saturated heterocycles. The number of methoxy groups -OCH3 is 1. The van der Waals surface area contributed by atoms with Gasteiger partial charge in [-0.05, 0) is 24.1 Å². The zero-order valence-corrected chi connectivity index (χ0v) is 9.57. The molecule has 0 aromatic heterocycles. The number of carbonyl (C=O) groups is 1. The molecule has 2 rings (SSSR count). The van der Waals surface area contributed by atoms with Crippen LogP contribution < -0.4 is 26.9 Å². The van der Waals surface area contributed by atoms with E-state index >= 15 is 0 Å². The minimum atomic E-state index is -0.309. The first-order valence-electron chi connectivity index (χ1n) is 5.40. The lowest BCUT2D eigenvalue weighted by molar-refractivity contribution is -0.122. The number of carbonyl (C=O) groups excluding carboxylic acids is 1. The molecule has 1 aromatic rings. The number of benzene rings is 1. The Hall–Kier alpha value is -1.63. The van der Waals surface area contributed by atoms with E-state index in [-0.39, 0.29) is 18.0 Å². The largest absolute Gasteiger partial charge is 0.497 e. The van der Waals surface area contributed by atoms with Crippen LogP contribution in [0.1, 0.15) is 18.0 Å². The van der Waals surface area contributed by atoms with Crippen LogP contribution in [0.25, 0.3) is 0 Å². The first-order chi connectivity index (χ1) is 8.24. The van der Waals surface area contributed by atoms with Crippen molar-refractivity contribution in [3.8, 4) is 5.75 Å². The predicted octanol–water partition coefficient (Wildman–Crippen LogP) is -0.407. The molecule has 0 radical (unpaired) electrons. The molecule has 17 heavy (non-hydrogen) atoms. The topological polar surface area (TPSA) is 88.4 Å². The summed E-state index contributed by atoms with van der Waals surface area (Å²) < 4.78 is 5.16. The van der Waals surface area contributed by atoms with Crippen molar-refractivity contribution in [3.05, 3.63) is 29.8 Å². The summed E-state index contributed by atoms with van der Waals surface area (Å²) in [7, 11) is 1.63. The molecule has 1 heterocycles. The van der Waals surface area contributed by atoms with E-state index in [1.54, 1.807) is 7.11 Å². The van der Waals surface area contributed by atoms with Gasteiger partial charge in [-0.1, -0.05) is 12.1 Å². The normalized spacial score (nSPS) is 23.4. The summed E-state index contributed by atoms with van der Waals surface area (Å²) in [5, 5.41) is 0. The molecule has 6 heteroatoms. The van der Waals surface area contributed by atoms with E-state index in [0.717, 1.165) is 11.3 Å². The predicted molar refractivity (Wildman–Crippen MR) is 62.7 cm³/mol. The fourth-order valence-corrected chi connectivity index (χ4v) is 1.91. The minimum Gasteiger partial charge on any atom is -0.497 e. The van der Waals surface area contributed by atoms with Gasteiger partial charge >= 0.3 is 0 Å². The Balaban J connectivity index is 2.07. The molecule has 2 unspecified atom stereocenters. The third-order valence-electron chi connectivity index (χ3n) is 2.86. The van der Waals surface area contributed by atoms with Crippen LogP contribution in [0, 0.1) is 0 Å². The number of rotatable bonds is 3. The van der Waals surface area contributed by atoms with E-state index in [1.165, 1.54) is 0 Å². The molecule has 1 aliphatic rings. The zero-order chi connectivity index (χ0) is 12.3. The van der Waals surface area contributed by atoms with Gasteiger partial charge in [-0.2, -0.15) is 0 Å². The van der Waals surface area contributed by atoms with E-state index in [2.05, 4.69) is 16.3 Å². The summed E-state index contributed by atoms with van der Waals surface area (Å²) in [6, 6.07) is 7.51. The number of amides is 1. The molecule has 1 fully saturated rings. The third-order valence-corrected chi connectivity index (χ3v) is 2.86. The van der Waals surface area contributed by atoms with Crippen LogP contribution in [0.4, 0.5) is 0 Å². The second kappa shape index (κ2) is 5.13. The van der Waals surface area contributed by atoms with Crippen LogP contribution in [0.2, 0.25) is 0 Å². The van der Waals surface area contributed by atoms with Crippen LogP contribution in [0.5, 0.6) is 5.75 Å². The first kappa shape index (κ1) is 11.8. The highest BCUT2D eigenvalue weighted by Crippen LogP contribution is 2.25. The van der Waals surface area contributed by atoms with Gasteiger partial charge in [0.05, 0.1) is 7.11 Å². The molecule has 2 atom stereocenters. The van der Waals surface area contributed by atoms with Crippen molar-refractivity contribution in [2.45, 2.75) is 18.5 Å². The van der Waals surface area contributed by atoms with Gasteiger partial charge in [0.25, 0.3) is 5.91 Å². The van der Waals surface area contributed by atoms with E-state index in [4.69, 9.17) is 10.6 Å². The average Bonchev–Trinajstić information content (AvgIpc) is 2.87. The van der Waals surface area contributed by atoms with Crippen molar-refractivity contribution in [2.24, 2.45) is 5.84 Å². The molecule has 0 spiro atoms. The van der Waals surface area contributed by atoms with Crippen molar-refractivity contribution < 1.29 is 9.53 Å². The molecule has 0 aliphatic carbocycles. The molecule has 1 aromatic carbocycles. The van der Waals surface area contributed by atoms with Crippen LogP contribution in [0.3, 0.4) is 0 Å². The Labute approximate surface area is 99.5 Å². The SMILES string of the molecule is COc1cccc(C2CC(C(=O)NN)NN2)c1. The molecule has 1 aliphatic heterocycles. The first-order valence-corrected chi connectivity index (χ1v) is 5.40. The van der Waals surface area contributed by atoms with Gasteiger partial charge in [0.15, 0.2) is 0 Å². The second-order valence-corrected chi connectivity index (χ2v) is 3.91. The summed E-state index contributed by atoms with van der Waals surface area (Å²) in [4.78, 5) is 11.4. The zero-order valence-electron chi connectivity index (χ0n) is 9.57. The summed E-state index contributed by atoms with van der Waals surface area (Å²) in [6.45, 7) is 0. The van der Waals surface area contributed by atoms with Crippen molar-refractivity contribution in [3.63, 3.8) is 0 Å². The summed E-state index contributed by atoms with van der Waals surface area (Å²) >= 11 is 0. The van der Waals surface area contributed by atoms with Crippen molar-refractivity contribution in [2.75, 3.05) is 7.11 Å². The van der Waals surface area contributed by atoms with Gasteiger partial charge in [0.1, 0.15) is 11.8 Å². The van der Waals surface area contributed by atoms with Crippen molar-refractivity contribution in [1.82, 2.24) is 16.3 Å². The maximum absolute atomic E-state index is 11.4. The Morgan fingerprint density at radius 2 is 2.35 bits per heavy atom. The van der Waals surface area contributed by atoms with E-state index in [9.17, 15) is 4.79 Å². The standard InChI is InChI=1S/C11H16N4O2/c1-17-8-4-2-3-7(5-8)9-6-10(15-14-9)11(16)13-12/h2-5,9-10,14-15H,6,12H2,1H3,(H,13,16). The Morgan fingerprint density at radius 1 is 1.53 bits per heavy atom. The molecule has 0 saturated carbocycles. The van der Waals surface area contributed by atoms with Gasteiger partial charge in [0.2, 0.25) is 0 Å². The monoisotopic (exact) mass is 236 g/mol. The average molecular weight is 236 g/mol. The molecule has 6 nitrogen and oxygen atoms in total. The molecule has 92 valence electrons. The quantitative estimate of drug-likeness (QED) is 0.325. The lowest BCUT2D eigenvalue weighted by Crippen LogP contribution is -2.45. The number of ether oxygens (including phenoxy) is 1. The fraction of sp³-hybridized carbons (Fsp3) is 0.364. The minimum absolute atomic E-state index is 0.0763. The van der Waals surface area contributed by atoms with Crippen molar-refractivity contribution >= 4 is 5.91 Å². The van der Waals surface area contributed by atoms with Gasteiger partial charge in [-0.3, -0.25) is 10.2 Å². The summed E-state index contributed by atoms with van der Waals surface area (Å²) in [5.41, 5.74) is 9.19. The molecular weight excluding hydrogens is 220 g/mol. The maximum Gasteiger partial charge on any atom is 0.252 e. The third kappa shape index (κ3) is 2.55. The second-order valence-electron chi connectivity index (χ2n) is 3.91. The molecule has 1 amide bonds. The number of hydrogen-bond donors (Lipinski definition) is 4. The lowest BCUT2D eigenvalue weighted by Gasteiger charge is -2.10. The highest BCUT2D eigenvalue weighted by atomic mass is 16.5. The van der Waals surface area contributed by atoms with Crippen LogP contribution in [0.15, 0.2) is 24.3 Å². The van der Waals surface area contributed by atoms with Gasteiger partial charge in [0, 0.05) is 6.04 Å². The Bertz CT molecular complexity index is 410. The lowest BCUT2D eigenvalue weighted by atomic mass is 10.0. The summed E-state index contributed by atoms with van der Waals surface area (Å²) in [6.07, 6.45) is 0.649. The Kier molecular flexibility index (Phi) is 3.58. The number of nitrogens with one attached hydrogen (secondary N) is 3. The van der Waals surface area contributed by atoms with Gasteiger partial charge in [-0.25, -0.2) is 16.7 Å². The molecule has 5 N–H and O–H groups in total. The van der Waals surface area contributed by atoms with Gasteiger partial charge < -0.3 is 4.74 Å². The molecule has 0 bridgehead atoms. The Morgan fingerprint density at radius 3 is 3.06 bits per heavy atom. The fourth-order valence-electron chi connectivity index (χ4n) is 1.91. The summed E-state index contributed by atoms with van der Waals surface area (Å²) in [5.74, 6) is 5.68. The number of nitrogens with two attached hydrogens (primary N) is 1. The highest BCUT2D eigenvalue weighted by Gasteiger charge is 2.29. The van der Waals surface area contributed by atoms with E-state index in [0.29, 0.717) is 6.42 Å².